The maximum Gasteiger partial charge on any atom is 0.246 e. The Morgan fingerprint density at radius 1 is 1.42 bits per heavy atom. The number of imide groups is 1. The number of piperidine rings is 1. The number of carbonyl (C=O) groups excluding carboxylic acids is 2. The summed E-state index contributed by atoms with van der Waals surface area (Å²) < 4.78 is 13.4. The molecule has 2 saturated heterocycles. The topological polar surface area (TPSA) is 49.4 Å². The number of halogens is 1. The van der Waals surface area contributed by atoms with Crippen LogP contribution in [0.1, 0.15) is 24.9 Å². The standard InChI is InChI=1S/C14H15FN2O2/c1-14-7-10(12(18)16-13(14)19)11(17(14)2)8-4-3-5-9(15)6-8/h3-6,10-11H,7H2,1-2H3,(H,16,18,19)/t10-,11-,14-/m1/s1. The molecule has 4 nitrogen and oxygen atoms in total. The Morgan fingerprint density at radius 2 is 2.16 bits per heavy atom. The van der Waals surface area contributed by atoms with Gasteiger partial charge in [0.2, 0.25) is 11.8 Å². The first-order valence-corrected chi connectivity index (χ1v) is 6.27. The number of benzene rings is 1. The van der Waals surface area contributed by atoms with Crippen LogP contribution >= 0.6 is 0 Å². The van der Waals surface area contributed by atoms with Crippen molar-refractivity contribution in [1.29, 1.82) is 0 Å². The monoisotopic (exact) mass is 262 g/mol. The summed E-state index contributed by atoms with van der Waals surface area (Å²) in [5.74, 6) is -1.17. The summed E-state index contributed by atoms with van der Waals surface area (Å²) in [7, 11) is 1.81. The number of rotatable bonds is 1. The van der Waals surface area contributed by atoms with E-state index >= 15 is 0 Å². The lowest BCUT2D eigenvalue weighted by molar-refractivity contribution is -0.139. The molecule has 100 valence electrons. The fourth-order valence-corrected chi connectivity index (χ4v) is 3.24. The number of fused-ring (bicyclic) bond motifs is 2. The third-order valence-corrected chi connectivity index (χ3v) is 4.45. The van der Waals surface area contributed by atoms with E-state index in [1.165, 1.54) is 12.1 Å². The summed E-state index contributed by atoms with van der Waals surface area (Å²) >= 11 is 0. The SMILES string of the molecule is CN1[C@H](c2cccc(F)c2)[C@H]2C[C@]1(C)C(=O)NC2=O. The Labute approximate surface area is 110 Å². The molecule has 0 spiro atoms. The van der Waals surface area contributed by atoms with Crippen LogP contribution in [0.2, 0.25) is 0 Å². The van der Waals surface area contributed by atoms with E-state index < -0.39 is 5.54 Å². The molecule has 1 aromatic carbocycles. The average Bonchev–Trinajstić information content (AvgIpc) is 2.59. The number of hydrogen-bond acceptors (Lipinski definition) is 3. The number of nitrogens with one attached hydrogen (secondary N) is 1. The molecule has 2 aliphatic heterocycles. The second-order valence-corrected chi connectivity index (χ2v) is 5.51. The van der Waals surface area contributed by atoms with Crippen LogP contribution in [0.3, 0.4) is 0 Å². The summed E-state index contributed by atoms with van der Waals surface area (Å²) in [5, 5.41) is 2.41. The summed E-state index contributed by atoms with van der Waals surface area (Å²) in [4.78, 5) is 25.8. The van der Waals surface area contributed by atoms with Gasteiger partial charge in [-0.2, -0.15) is 0 Å². The molecule has 2 heterocycles. The van der Waals surface area contributed by atoms with Gasteiger partial charge in [-0.15, -0.1) is 0 Å². The third kappa shape index (κ3) is 1.61. The highest BCUT2D eigenvalue weighted by Crippen LogP contribution is 2.47. The van der Waals surface area contributed by atoms with E-state index in [1.807, 2.05) is 18.9 Å². The van der Waals surface area contributed by atoms with E-state index in [2.05, 4.69) is 5.32 Å². The van der Waals surface area contributed by atoms with Crippen molar-refractivity contribution in [2.24, 2.45) is 5.92 Å². The van der Waals surface area contributed by atoms with Gasteiger partial charge in [-0.05, 0) is 38.1 Å². The molecule has 1 N–H and O–H groups in total. The Hall–Kier alpha value is -1.75. The quantitative estimate of drug-likeness (QED) is 0.775. The summed E-state index contributed by atoms with van der Waals surface area (Å²) in [6, 6.07) is 5.97. The van der Waals surface area contributed by atoms with Crippen LogP contribution in [0.15, 0.2) is 24.3 Å². The maximum absolute atomic E-state index is 13.4. The number of likely N-dealkylation sites (tertiary alicyclic amines) is 1. The predicted octanol–water partition coefficient (Wildman–Crippen LogP) is 1.23. The molecule has 3 rings (SSSR count). The van der Waals surface area contributed by atoms with Gasteiger partial charge in [0.25, 0.3) is 0 Å². The average molecular weight is 262 g/mol. The molecule has 2 aliphatic rings. The van der Waals surface area contributed by atoms with Crippen molar-refractivity contribution in [3.63, 3.8) is 0 Å². The van der Waals surface area contributed by atoms with Gasteiger partial charge in [0.05, 0.1) is 11.5 Å². The minimum absolute atomic E-state index is 0.257. The normalized spacial score (nSPS) is 34.5. The largest absolute Gasteiger partial charge is 0.295 e. The van der Waals surface area contributed by atoms with Gasteiger partial charge >= 0.3 is 0 Å². The van der Waals surface area contributed by atoms with Crippen molar-refractivity contribution in [2.75, 3.05) is 7.05 Å². The highest BCUT2D eigenvalue weighted by Gasteiger charge is 2.58. The zero-order valence-electron chi connectivity index (χ0n) is 10.8. The fourth-order valence-electron chi connectivity index (χ4n) is 3.24. The van der Waals surface area contributed by atoms with E-state index in [4.69, 9.17) is 0 Å². The van der Waals surface area contributed by atoms with E-state index in [0.29, 0.717) is 6.42 Å². The number of nitrogens with zero attached hydrogens (tertiary/aromatic N) is 1. The van der Waals surface area contributed by atoms with Gasteiger partial charge in [-0.1, -0.05) is 12.1 Å². The Balaban J connectivity index is 2.08. The minimum atomic E-state index is -0.699. The predicted molar refractivity (Wildman–Crippen MR) is 66.6 cm³/mol. The number of likely N-dealkylation sites (N-methyl/N-ethyl adjacent to an activating group) is 1. The lowest BCUT2D eigenvalue weighted by Gasteiger charge is -2.32. The van der Waals surface area contributed by atoms with Gasteiger partial charge in [0.1, 0.15) is 5.82 Å². The van der Waals surface area contributed by atoms with E-state index in [-0.39, 0.29) is 29.6 Å². The van der Waals surface area contributed by atoms with E-state index in [1.54, 1.807) is 12.1 Å². The molecule has 19 heavy (non-hydrogen) atoms. The molecule has 2 amide bonds. The third-order valence-electron chi connectivity index (χ3n) is 4.45. The molecule has 1 aromatic rings. The van der Waals surface area contributed by atoms with Gasteiger partial charge in [0.15, 0.2) is 0 Å². The summed E-state index contributed by atoms with van der Waals surface area (Å²) in [5.41, 5.74) is 0.0383. The molecule has 2 fully saturated rings. The van der Waals surface area contributed by atoms with E-state index in [9.17, 15) is 14.0 Å². The van der Waals surface area contributed by atoms with Crippen molar-refractivity contribution in [3.05, 3.63) is 35.6 Å². The summed E-state index contributed by atoms with van der Waals surface area (Å²) in [6.07, 6.45) is 0.481. The van der Waals surface area contributed by atoms with Crippen molar-refractivity contribution in [3.8, 4) is 0 Å². The van der Waals surface area contributed by atoms with Crippen molar-refractivity contribution in [1.82, 2.24) is 10.2 Å². The van der Waals surface area contributed by atoms with Crippen LogP contribution in [0.25, 0.3) is 0 Å². The lowest BCUT2D eigenvalue weighted by atomic mass is 9.86. The molecule has 0 unspecified atom stereocenters. The number of carbonyl (C=O) groups is 2. The summed E-state index contributed by atoms with van der Waals surface area (Å²) in [6.45, 7) is 1.82. The zero-order valence-corrected chi connectivity index (χ0v) is 10.8. The van der Waals surface area contributed by atoms with Crippen LogP contribution < -0.4 is 5.32 Å². The second kappa shape index (κ2) is 3.87. The first kappa shape index (κ1) is 12.3. The Morgan fingerprint density at radius 3 is 2.84 bits per heavy atom. The van der Waals surface area contributed by atoms with E-state index in [0.717, 1.165) is 5.56 Å². The number of amides is 2. The van der Waals surface area contributed by atoms with Crippen LogP contribution in [-0.4, -0.2) is 29.3 Å². The second-order valence-electron chi connectivity index (χ2n) is 5.51. The molecule has 2 bridgehead atoms. The Kier molecular flexibility index (Phi) is 2.50. The highest BCUT2D eigenvalue weighted by atomic mass is 19.1. The molecule has 0 aromatic heterocycles. The number of hydrogen-bond donors (Lipinski definition) is 1. The van der Waals surface area contributed by atoms with Gasteiger partial charge in [0, 0.05) is 6.04 Å². The maximum atomic E-state index is 13.4. The molecule has 0 saturated carbocycles. The molecule has 0 aliphatic carbocycles. The Bertz CT molecular complexity index is 574. The van der Waals surface area contributed by atoms with Crippen molar-refractivity contribution >= 4 is 11.8 Å². The first-order chi connectivity index (χ1) is 8.93. The molecular weight excluding hydrogens is 247 g/mol. The van der Waals surface area contributed by atoms with Gasteiger partial charge in [-0.3, -0.25) is 19.8 Å². The van der Waals surface area contributed by atoms with Crippen molar-refractivity contribution in [2.45, 2.75) is 24.9 Å². The molecule has 0 radical (unpaired) electrons. The van der Waals surface area contributed by atoms with Crippen LogP contribution in [0.4, 0.5) is 4.39 Å². The first-order valence-electron chi connectivity index (χ1n) is 6.27. The van der Waals surface area contributed by atoms with Crippen LogP contribution in [0.5, 0.6) is 0 Å². The molecular formula is C14H15FN2O2. The zero-order chi connectivity index (χ0) is 13.8. The van der Waals surface area contributed by atoms with Crippen LogP contribution in [0, 0.1) is 11.7 Å². The lowest BCUT2D eigenvalue weighted by Crippen LogP contribution is -2.55. The smallest absolute Gasteiger partial charge is 0.246 e. The minimum Gasteiger partial charge on any atom is -0.295 e. The van der Waals surface area contributed by atoms with Crippen molar-refractivity contribution < 1.29 is 14.0 Å². The molecule has 3 atom stereocenters. The molecule has 5 heteroatoms. The van der Waals surface area contributed by atoms with Gasteiger partial charge in [-0.25, -0.2) is 4.39 Å². The fraction of sp³-hybridized carbons (Fsp3) is 0.429. The van der Waals surface area contributed by atoms with Crippen LogP contribution in [-0.2, 0) is 9.59 Å². The van der Waals surface area contributed by atoms with Gasteiger partial charge < -0.3 is 0 Å². The highest BCUT2D eigenvalue weighted by molar-refractivity contribution is 6.05.